The Morgan fingerprint density at radius 1 is 1.50 bits per heavy atom. The molecule has 66 valence electrons. The van der Waals surface area contributed by atoms with E-state index in [4.69, 9.17) is 4.74 Å². The van der Waals surface area contributed by atoms with Crippen molar-refractivity contribution in [3.63, 3.8) is 0 Å². The van der Waals surface area contributed by atoms with Gasteiger partial charge in [0, 0.05) is 6.04 Å². The van der Waals surface area contributed by atoms with Gasteiger partial charge in [-0.15, -0.1) is 0 Å². The second-order valence-corrected chi connectivity index (χ2v) is 3.01. The molecule has 12 heavy (non-hydrogen) atoms. The van der Waals surface area contributed by atoms with Crippen LogP contribution in [0.3, 0.4) is 0 Å². The minimum Gasteiger partial charge on any atom is -0.443 e. The number of nitrogens with one attached hydrogen (secondary N) is 1. The zero-order chi connectivity index (χ0) is 9.61. The van der Waals surface area contributed by atoms with Gasteiger partial charge in [-0.3, -0.25) is 4.79 Å². The van der Waals surface area contributed by atoms with Gasteiger partial charge < -0.3 is 4.74 Å². The van der Waals surface area contributed by atoms with Gasteiger partial charge in [-0.1, -0.05) is 0 Å². The molecule has 0 fully saturated rings. The molecule has 0 aliphatic carbocycles. The van der Waals surface area contributed by atoms with E-state index in [0.29, 0.717) is 6.29 Å². The number of aldehydes is 1. The van der Waals surface area contributed by atoms with E-state index in [-0.39, 0.29) is 0 Å². The lowest BCUT2D eigenvalue weighted by Gasteiger charge is -2.18. The molecule has 0 saturated carbocycles. The van der Waals surface area contributed by atoms with Gasteiger partial charge in [0.05, 0.1) is 0 Å². The first-order chi connectivity index (χ1) is 5.45. The van der Waals surface area contributed by atoms with E-state index in [9.17, 15) is 9.59 Å². The average molecular weight is 169 g/mol. The Labute approximate surface area is 71.3 Å². The summed E-state index contributed by atoms with van der Waals surface area (Å²) in [6, 6.07) is 2.11. The van der Waals surface area contributed by atoms with Gasteiger partial charge in [0.1, 0.15) is 5.60 Å². The van der Waals surface area contributed by atoms with Crippen LogP contribution < -0.4 is 5.32 Å². The molecule has 0 radical (unpaired) electrons. The van der Waals surface area contributed by atoms with E-state index in [0.717, 1.165) is 0 Å². The SMILES string of the molecule is CC(C)(C)OC(=O)NC#CC=O. The molecule has 1 N–H and O–H groups in total. The molecule has 4 heteroatoms. The number of ether oxygens (including phenoxy) is 1. The molecule has 4 nitrogen and oxygen atoms in total. The molecular weight excluding hydrogens is 158 g/mol. The van der Waals surface area contributed by atoms with Crippen LogP contribution in [-0.4, -0.2) is 18.0 Å². The second-order valence-electron chi connectivity index (χ2n) is 3.01. The zero-order valence-electron chi connectivity index (χ0n) is 7.30. The van der Waals surface area contributed by atoms with Crippen molar-refractivity contribution < 1.29 is 14.3 Å². The molecule has 0 bridgehead atoms. The highest BCUT2D eigenvalue weighted by Gasteiger charge is 2.14. The Bertz CT molecular complexity index is 229. The molecule has 0 saturated heterocycles. The smallest absolute Gasteiger partial charge is 0.419 e. The Morgan fingerprint density at radius 3 is 2.50 bits per heavy atom. The first-order valence-corrected chi connectivity index (χ1v) is 3.39. The molecular formula is C8H11NO3. The lowest BCUT2D eigenvalue weighted by Crippen LogP contribution is -2.29. The molecule has 0 unspecified atom stereocenters. The highest BCUT2D eigenvalue weighted by Crippen LogP contribution is 2.05. The summed E-state index contributed by atoms with van der Waals surface area (Å²) in [6.07, 6.45) is -0.269. The first-order valence-electron chi connectivity index (χ1n) is 3.39. The van der Waals surface area contributed by atoms with Crippen molar-refractivity contribution in [3.05, 3.63) is 0 Å². The third kappa shape index (κ3) is 6.62. The van der Waals surface area contributed by atoms with Crippen LogP contribution in [0.4, 0.5) is 4.79 Å². The molecule has 0 spiro atoms. The van der Waals surface area contributed by atoms with E-state index in [1.807, 2.05) is 5.92 Å². The summed E-state index contributed by atoms with van der Waals surface area (Å²) in [4.78, 5) is 20.5. The maximum Gasteiger partial charge on any atom is 0.419 e. The summed E-state index contributed by atoms with van der Waals surface area (Å²) in [5, 5.41) is 2.09. The fraction of sp³-hybridized carbons (Fsp3) is 0.500. The van der Waals surface area contributed by atoms with Crippen molar-refractivity contribution in [1.82, 2.24) is 5.32 Å². The number of hydrogen-bond donors (Lipinski definition) is 1. The predicted molar refractivity (Wildman–Crippen MR) is 43.2 cm³/mol. The summed E-state index contributed by atoms with van der Waals surface area (Å²) in [7, 11) is 0. The third-order valence-corrected chi connectivity index (χ3v) is 0.695. The van der Waals surface area contributed by atoms with Gasteiger partial charge >= 0.3 is 6.09 Å². The Morgan fingerprint density at radius 2 is 2.08 bits per heavy atom. The van der Waals surface area contributed by atoms with Crippen molar-refractivity contribution in [3.8, 4) is 12.0 Å². The molecule has 1 amide bonds. The molecule has 0 atom stereocenters. The number of hydrogen-bond acceptors (Lipinski definition) is 3. The largest absolute Gasteiger partial charge is 0.443 e. The summed E-state index contributed by atoms with van der Waals surface area (Å²) in [5.74, 6) is 2.02. The highest BCUT2D eigenvalue weighted by atomic mass is 16.6. The maximum absolute atomic E-state index is 10.8. The minimum atomic E-state index is -0.656. The van der Waals surface area contributed by atoms with Gasteiger partial charge in [-0.2, -0.15) is 0 Å². The lowest BCUT2D eigenvalue weighted by atomic mass is 10.2. The van der Waals surface area contributed by atoms with Crippen LogP contribution >= 0.6 is 0 Å². The van der Waals surface area contributed by atoms with E-state index in [1.54, 1.807) is 20.8 Å². The van der Waals surface area contributed by atoms with Gasteiger partial charge in [0.15, 0.2) is 6.29 Å². The number of rotatable bonds is 0. The van der Waals surface area contributed by atoms with Crippen molar-refractivity contribution in [2.75, 3.05) is 0 Å². The zero-order valence-corrected chi connectivity index (χ0v) is 7.30. The van der Waals surface area contributed by atoms with E-state index in [2.05, 4.69) is 11.4 Å². The van der Waals surface area contributed by atoms with Crippen molar-refractivity contribution in [2.24, 2.45) is 0 Å². The van der Waals surface area contributed by atoms with Crippen LogP contribution in [0.5, 0.6) is 0 Å². The number of carbonyl (C=O) groups excluding carboxylic acids is 2. The number of alkyl carbamates (subject to hydrolysis) is 1. The fourth-order valence-corrected chi connectivity index (χ4v) is 0.420. The molecule has 0 rings (SSSR count). The lowest BCUT2D eigenvalue weighted by molar-refractivity contribution is -0.103. The normalized spacial score (nSPS) is 9.25. The summed E-state index contributed by atoms with van der Waals surface area (Å²) in [6.45, 7) is 5.21. The summed E-state index contributed by atoms with van der Waals surface area (Å²) < 4.78 is 4.82. The average Bonchev–Trinajstić information content (AvgIpc) is 1.84. The number of amides is 1. The van der Waals surface area contributed by atoms with Crippen molar-refractivity contribution >= 4 is 12.4 Å². The van der Waals surface area contributed by atoms with Crippen molar-refractivity contribution in [1.29, 1.82) is 0 Å². The third-order valence-electron chi connectivity index (χ3n) is 0.695. The highest BCUT2D eigenvalue weighted by molar-refractivity contribution is 5.75. The summed E-state index contributed by atoms with van der Waals surface area (Å²) >= 11 is 0. The molecule has 0 aromatic rings. The molecule has 0 aliphatic heterocycles. The van der Waals surface area contributed by atoms with Crippen LogP contribution in [0.1, 0.15) is 20.8 Å². The van der Waals surface area contributed by atoms with E-state index in [1.165, 1.54) is 0 Å². The molecule has 0 aliphatic rings. The van der Waals surface area contributed by atoms with Crippen LogP contribution in [0.15, 0.2) is 0 Å². The van der Waals surface area contributed by atoms with Crippen molar-refractivity contribution in [2.45, 2.75) is 26.4 Å². The molecule has 0 heterocycles. The predicted octanol–water partition coefficient (Wildman–Crippen LogP) is 0.671. The maximum atomic E-state index is 10.8. The number of carbonyl (C=O) groups is 2. The van der Waals surface area contributed by atoms with E-state index >= 15 is 0 Å². The van der Waals surface area contributed by atoms with Gasteiger partial charge in [0.25, 0.3) is 0 Å². The van der Waals surface area contributed by atoms with Crippen LogP contribution in [0.2, 0.25) is 0 Å². The Kier molecular flexibility index (Phi) is 3.84. The van der Waals surface area contributed by atoms with Crippen LogP contribution in [0, 0.1) is 12.0 Å². The van der Waals surface area contributed by atoms with Gasteiger partial charge in [-0.05, 0) is 26.7 Å². The fourth-order valence-electron chi connectivity index (χ4n) is 0.420. The van der Waals surface area contributed by atoms with Crippen LogP contribution in [-0.2, 0) is 9.53 Å². The summed E-state index contributed by atoms with van der Waals surface area (Å²) in [5.41, 5.74) is -0.549. The topological polar surface area (TPSA) is 55.4 Å². The quantitative estimate of drug-likeness (QED) is 0.329. The molecule has 0 aromatic carbocycles. The Hall–Kier alpha value is -1.50. The standard InChI is InChI=1S/C8H11NO3/c1-8(2,3)12-7(11)9-5-4-6-10/h6H,1-3H3,(H,9,11). The van der Waals surface area contributed by atoms with E-state index < -0.39 is 11.7 Å². The molecule has 0 aromatic heterocycles. The minimum absolute atomic E-state index is 0.386. The van der Waals surface area contributed by atoms with Gasteiger partial charge in [-0.25, -0.2) is 10.1 Å². The Balaban J connectivity index is 3.83. The van der Waals surface area contributed by atoms with Crippen LogP contribution in [0.25, 0.3) is 0 Å². The van der Waals surface area contributed by atoms with Gasteiger partial charge in [0.2, 0.25) is 0 Å². The first kappa shape index (κ1) is 10.5. The second kappa shape index (κ2) is 4.39. The monoisotopic (exact) mass is 169 g/mol.